The number of nitrogens with zero attached hydrogens (tertiary/aromatic N) is 5. The Balaban J connectivity index is 1.08. The molecule has 0 fully saturated rings. The minimum atomic E-state index is 0.617. The Hall–Kier alpha value is -9.76. The first-order valence-electron chi connectivity index (χ1n) is 23.8. The van der Waals surface area contributed by atoms with Gasteiger partial charge in [0.1, 0.15) is 0 Å². The molecular formula is C66H45N5. The average Bonchev–Trinajstić information content (AvgIpc) is 3.77. The van der Waals surface area contributed by atoms with Gasteiger partial charge in [-0.25, -0.2) is 0 Å². The van der Waals surface area contributed by atoms with E-state index in [0.29, 0.717) is 5.56 Å². The Bertz CT molecular complexity index is 3610. The fourth-order valence-corrected chi connectivity index (χ4v) is 9.99. The topological polar surface area (TPSA) is 48.1 Å². The molecule has 12 aromatic rings. The lowest BCUT2D eigenvalue weighted by Crippen LogP contribution is -2.10. The summed E-state index contributed by atoms with van der Waals surface area (Å²) in [4.78, 5) is 9.97. The van der Waals surface area contributed by atoms with E-state index in [-0.39, 0.29) is 0 Å². The van der Waals surface area contributed by atoms with Crippen molar-refractivity contribution < 1.29 is 0 Å². The summed E-state index contributed by atoms with van der Waals surface area (Å²) < 4.78 is 2.41. The molecule has 71 heavy (non-hydrogen) atoms. The zero-order chi connectivity index (χ0) is 47.5. The van der Waals surface area contributed by atoms with Gasteiger partial charge in [0.05, 0.1) is 28.4 Å². The fraction of sp³-hybridized carbons (Fsp3) is 0. The number of benzene rings is 10. The van der Waals surface area contributed by atoms with E-state index in [1.54, 1.807) is 0 Å². The van der Waals surface area contributed by atoms with Gasteiger partial charge in [-0.1, -0.05) is 170 Å². The van der Waals surface area contributed by atoms with Crippen LogP contribution >= 0.6 is 0 Å². The largest absolute Gasteiger partial charge is 0.310 e. The molecule has 5 heteroatoms. The van der Waals surface area contributed by atoms with Crippen molar-refractivity contribution in [3.05, 3.63) is 279 Å². The van der Waals surface area contributed by atoms with E-state index < -0.39 is 0 Å². The molecule has 0 aliphatic carbocycles. The zero-order valence-electron chi connectivity index (χ0n) is 38.7. The Morgan fingerprint density at radius 3 is 1.18 bits per heavy atom. The molecule has 0 aliphatic heterocycles. The molecule has 10 aromatic carbocycles. The second-order valence-electron chi connectivity index (χ2n) is 17.5. The van der Waals surface area contributed by atoms with E-state index in [0.717, 1.165) is 106 Å². The number of para-hydroxylation sites is 4. The molecule has 0 spiro atoms. The van der Waals surface area contributed by atoms with Gasteiger partial charge >= 0.3 is 0 Å². The smallest absolute Gasteiger partial charge is 0.0991 e. The molecule has 2 heterocycles. The molecule has 0 atom stereocenters. The second kappa shape index (κ2) is 18.7. The third-order valence-corrected chi connectivity index (χ3v) is 13.2. The van der Waals surface area contributed by atoms with Gasteiger partial charge in [-0.15, -0.1) is 0 Å². The molecule has 0 amide bonds. The monoisotopic (exact) mass is 907 g/mol. The molecule has 0 bridgehead atoms. The number of nitriles is 1. The van der Waals surface area contributed by atoms with Gasteiger partial charge in [-0.2, -0.15) is 5.26 Å². The third-order valence-electron chi connectivity index (χ3n) is 13.2. The van der Waals surface area contributed by atoms with Crippen LogP contribution in [0.1, 0.15) is 5.56 Å². The van der Waals surface area contributed by atoms with Crippen molar-refractivity contribution in [1.29, 1.82) is 5.26 Å². The van der Waals surface area contributed by atoms with Gasteiger partial charge in [0.25, 0.3) is 0 Å². The summed E-state index contributed by atoms with van der Waals surface area (Å²) in [5.74, 6) is 0. The predicted octanol–water partition coefficient (Wildman–Crippen LogP) is 17.7. The molecule has 0 radical (unpaired) electrons. The van der Waals surface area contributed by atoms with Gasteiger partial charge in [-0.05, 0) is 114 Å². The van der Waals surface area contributed by atoms with Crippen LogP contribution in [0.2, 0.25) is 0 Å². The van der Waals surface area contributed by atoms with Gasteiger partial charge in [-0.3, -0.25) is 4.98 Å². The van der Waals surface area contributed by atoms with Gasteiger partial charge < -0.3 is 14.4 Å². The van der Waals surface area contributed by atoms with Gasteiger partial charge in [0.2, 0.25) is 0 Å². The summed E-state index contributed by atoms with van der Waals surface area (Å²) in [6.07, 6.45) is 2.00. The molecule has 0 aliphatic rings. The van der Waals surface area contributed by atoms with Crippen LogP contribution in [0.15, 0.2) is 273 Å². The highest BCUT2D eigenvalue weighted by Gasteiger charge is 2.23. The van der Waals surface area contributed by atoms with Crippen LogP contribution in [-0.4, -0.2) is 9.55 Å². The number of anilines is 6. The van der Waals surface area contributed by atoms with Crippen molar-refractivity contribution in [1.82, 2.24) is 9.55 Å². The summed E-state index contributed by atoms with van der Waals surface area (Å²) in [6.45, 7) is 0. The van der Waals surface area contributed by atoms with Crippen molar-refractivity contribution in [2.24, 2.45) is 0 Å². The Morgan fingerprint density at radius 1 is 0.352 bits per heavy atom. The molecule has 0 saturated carbocycles. The van der Waals surface area contributed by atoms with Crippen molar-refractivity contribution in [3.63, 3.8) is 0 Å². The minimum absolute atomic E-state index is 0.617. The first kappa shape index (κ1) is 42.6. The van der Waals surface area contributed by atoms with E-state index in [1.165, 1.54) is 0 Å². The predicted molar refractivity (Wildman–Crippen MR) is 294 cm³/mol. The standard InChI is InChI=1S/C66H45N5/c67-45-47-31-33-50(34-32-47)64-61(48-19-7-1-8-20-48)46-68-66(65(64)49-21-9-2-10-22-49)51-35-37-56(38-36-51)71-62-43-57(69(52-23-11-3-12-24-52)53-25-13-4-14-26-53)39-41-59(62)60-42-40-58(44-63(60)71)70(54-27-15-5-16-28-54)55-29-17-6-18-30-55/h1-44,46H. The minimum Gasteiger partial charge on any atom is -0.310 e. The average molecular weight is 908 g/mol. The van der Waals surface area contributed by atoms with Crippen LogP contribution in [0.4, 0.5) is 34.1 Å². The van der Waals surface area contributed by atoms with Gasteiger partial charge in [0.15, 0.2) is 0 Å². The van der Waals surface area contributed by atoms with E-state index in [2.05, 4.69) is 263 Å². The number of aromatic nitrogens is 2. The summed E-state index contributed by atoms with van der Waals surface area (Å²) in [5.41, 5.74) is 18.3. The Labute approximate surface area is 413 Å². The highest BCUT2D eigenvalue weighted by atomic mass is 15.2. The molecule has 0 N–H and O–H groups in total. The van der Waals surface area contributed by atoms with Gasteiger partial charge in [0, 0.05) is 79.0 Å². The normalized spacial score (nSPS) is 11.1. The SMILES string of the molecule is N#Cc1ccc(-c2c(-c3ccccc3)cnc(-c3ccc(-n4c5cc(N(c6ccccc6)c6ccccc6)ccc5c5ccc(N(c6ccccc6)c6ccccc6)cc54)cc3)c2-c2ccccc2)cc1. The number of fused-ring (bicyclic) bond motifs is 3. The van der Waals surface area contributed by atoms with Crippen molar-refractivity contribution in [3.8, 4) is 56.4 Å². The number of pyridine rings is 1. The Morgan fingerprint density at radius 2 is 0.746 bits per heavy atom. The van der Waals surface area contributed by atoms with E-state index >= 15 is 0 Å². The quantitative estimate of drug-likeness (QED) is 0.130. The number of rotatable bonds is 11. The highest BCUT2D eigenvalue weighted by molar-refractivity contribution is 6.11. The molecule has 12 rings (SSSR count). The number of hydrogen-bond acceptors (Lipinski definition) is 4. The molecular weight excluding hydrogens is 863 g/mol. The van der Waals surface area contributed by atoms with Crippen LogP contribution in [0.25, 0.3) is 72.1 Å². The summed E-state index contributed by atoms with van der Waals surface area (Å²) >= 11 is 0. The van der Waals surface area contributed by atoms with Crippen molar-refractivity contribution in [2.75, 3.05) is 9.80 Å². The maximum absolute atomic E-state index is 9.76. The summed E-state index contributed by atoms with van der Waals surface area (Å²) in [5, 5.41) is 12.1. The van der Waals surface area contributed by atoms with Crippen LogP contribution in [0, 0.1) is 11.3 Å². The lowest BCUT2D eigenvalue weighted by Gasteiger charge is -2.26. The summed E-state index contributed by atoms with van der Waals surface area (Å²) in [6, 6.07) is 96.0. The van der Waals surface area contributed by atoms with Crippen molar-refractivity contribution in [2.45, 2.75) is 0 Å². The molecule has 0 saturated heterocycles. The second-order valence-corrected chi connectivity index (χ2v) is 17.5. The van der Waals surface area contributed by atoms with Crippen LogP contribution in [0.3, 0.4) is 0 Å². The third kappa shape index (κ3) is 8.06. The van der Waals surface area contributed by atoms with Crippen LogP contribution in [0.5, 0.6) is 0 Å². The first-order chi connectivity index (χ1) is 35.2. The highest BCUT2D eigenvalue weighted by Crippen LogP contribution is 2.46. The molecule has 0 unspecified atom stereocenters. The van der Waals surface area contributed by atoms with E-state index in [4.69, 9.17) is 4.98 Å². The maximum Gasteiger partial charge on any atom is 0.0991 e. The lowest BCUT2D eigenvalue weighted by molar-refractivity contribution is 1.17. The molecule has 2 aromatic heterocycles. The molecule has 5 nitrogen and oxygen atoms in total. The Kier molecular flexibility index (Phi) is 11.2. The lowest BCUT2D eigenvalue weighted by atomic mass is 9.86. The number of hydrogen-bond donors (Lipinski definition) is 0. The summed E-state index contributed by atoms with van der Waals surface area (Å²) in [7, 11) is 0. The van der Waals surface area contributed by atoms with Crippen LogP contribution < -0.4 is 9.80 Å². The first-order valence-corrected chi connectivity index (χ1v) is 23.8. The van der Waals surface area contributed by atoms with Crippen molar-refractivity contribution >= 4 is 55.9 Å². The van der Waals surface area contributed by atoms with E-state index in [1.807, 2.05) is 30.5 Å². The maximum atomic E-state index is 9.76. The fourth-order valence-electron chi connectivity index (χ4n) is 9.99. The molecule has 334 valence electrons. The van der Waals surface area contributed by atoms with E-state index in [9.17, 15) is 5.26 Å². The zero-order valence-corrected chi connectivity index (χ0v) is 38.7. The van der Waals surface area contributed by atoms with Crippen LogP contribution in [-0.2, 0) is 0 Å².